The van der Waals surface area contributed by atoms with Gasteiger partial charge in [0.1, 0.15) is 5.75 Å². The van der Waals surface area contributed by atoms with Crippen molar-refractivity contribution < 1.29 is 40.6 Å². The molecule has 1 aromatic heterocycles. The van der Waals surface area contributed by atoms with Crippen molar-refractivity contribution in [3.05, 3.63) is 64.6 Å². The monoisotopic (exact) mass is 660 g/mol. The van der Waals surface area contributed by atoms with Gasteiger partial charge in [-0.25, -0.2) is 0 Å². The van der Waals surface area contributed by atoms with Crippen molar-refractivity contribution in [2.45, 2.75) is 97.4 Å². The molecule has 0 radical (unpaired) electrons. The zero-order chi connectivity index (χ0) is 29.1. The van der Waals surface area contributed by atoms with Crippen LogP contribution in [0.15, 0.2) is 54.2 Å². The normalized spacial score (nSPS) is 10.6. The number of amides is 1. The summed E-state index contributed by atoms with van der Waals surface area (Å²) in [5.74, 6) is 1.65. The van der Waals surface area contributed by atoms with Gasteiger partial charge in [0.15, 0.2) is 30.8 Å². The number of aromatic nitrogens is 1. The number of aryl methyl sites for hydroxylation is 1. The van der Waals surface area contributed by atoms with Gasteiger partial charge >= 0.3 is 0 Å². The highest BCUT2D eigenvalue weighted by Crippen LogP contribution is 2.31. The largest absolute Gasteiger partial charge is 1.00 e. The Balaban J connectivity index is 0.00000616. The van der Waals surface area contributed by atoms with Crippen molar-refractivity contribution in [3.63, 3.8) is 0 Å². The fourth-order valence-electron chi connectivity index (χ4n) is 4.76. The molecule has 2 aromatic carbocycles. The van der Waals surface area contributed by atoms with Crippen LogP contribution < -0.4 is 41.1 Å². The first-order valence-corrected chi connectivity index (χ1v) is 16.2. The van der Waals surface area contributed by atoms with Gasteiger partial charge in [0.2, 0.25) is 5.51 Å². The van der Waals surface area contributed by atoms with Crippen molar-refractivity contribution in [1.82, 2.24) is 0 Å². The molecule has 0 bridgehead atoms. The summed E-state index contributed by atoms with van der Waals surface area (Å²) in [6.07, 6.45) is 18.0. The molecule has 3 aromatic rings. The molecule has 0 unspecified atom stereocenters. The number of carbonyl (C=O) groups is 1. The van der Waals surface area contributed by atoms with Gasteiger partial charge in [-0.2, -0.15) is 4.57 Å². The highest BCUT2D eigenvalue weighted by molar-refractivity contribution is 7.09. The number of hydrogen-bond acceptors (Lipinski definition) is 5. The Morgan fingerprint density at radius 3 is 2.07 bits per heavy atom. The molecular weight excluding hydrogens is 612 g/mol. The first-order valence-electron chi connectivity index (χ1n) is 15.3. The SMILES string of the molecule is CCCCCCCCCCCCCCOc1ccc(OCC(=O)Nc2ccc(C[n+]3csc(C)c3)cc2)cc1OC.[Br-]. The lowest BCUT2D eigenvalue weighted by atomic mass is 10.1. The third kappa shape index (κ3) is 14.1. The lowest BCUT2D eigenvalue weighted by Crippen LogP contribution is -3.00. The molecule has 0 aliphatic heterocycles. The third-order valence-electron chi connectivity index (χ3n) is 7.08. The van der Waals surface area contributed by atoms with E-state index in [4.69, 9.17) is 14.2 Å². The number of methoxy groups -OCH3 is 1. The van der Waals surface area contributed by atoms with Gasteiger partial charge in [-0.3, -0.25) is 4.79 Å². The Kier molecular flexibility index (Phi) is 17.9. The molecule has 0 aliphatic rings. The molecule has 0 aliphatic carbocycles. The summed E-state index contributed by atoms with van der Waals surface area (Å²) in [7, 11) is 1.62. The van der Waals surface area contributed by atoms with Crippen LogP contribution in [-0.4, -0.2) is 26.2 Å². The van der Waals surface area contributed by atoms with E-state index in [1.165, 1.54) is 81.1 Å². The minimum Gasteiger partial charge on any atom is -1.00 e. The number of nitrogens with zero attached hydrogens (tertiary/aromatic N) is 1. The number of benzene rings is 2. The van der Waals surface area contributed by atoms with Gasteiger partial charge in [0.25, 0.3) is 5.91 Å². The molecule has 1 N–H and O–H groups in total. The summed E-state index contributed by atoms with van der Waals surface area (Å²) < 4.78 is 19.3. The van der Waals surface area contributed by atoms with E-state index < -0.39 is 0 Å². The number of carbonyl (C=O) groups excluding carboxylic acids is 1. The van der Waals surface area contributed by atoms with E-state index in [1.54, 1.807) is 24.5 Å². The van der Waals surface area contributed by atoms with Crippen molar-refractivity contribution in [3.8, 4) is 17.2 Å². The quantitative estimate of drug-likeness (QED) is 0.121. The second-order valence-electron chi connectivity index (χ2n) is 10.7. The molecule has 232 valence electrons. The van der Waals surface area contributed by atoms with Crippen LogP contribution in [0.1, 0.15) is 94.4 Å². The maximum atomic E-state index is 12.4. The van der Waals surface area contributed by atoms with Gasteiger partial charge in [0, 0.05) is 17.3 Å². The van der Waals surface area contributed by atoms with E-state index in [0.717, 1.165) is 18.7 Å². The number of anilines is 1. The molecule has 0 spiro atoms. The van der Waals surface area contributed by atoms with Gasteiger partial charge < -0.3 is 36.5 Å². The molecule has 42 heavy (non-hydrogen) atoms. The standard InChI is InChI=1S/C34H48N2O4S.BrH/c1-4-5-6-7-8-9-10-11-12-13-14-15-22-39-32-21-20-31(23-33(32)38-3)40-26-34(37)35-30-18-16-29(17-19-30)25-36-24-28(2)41-27-36;/h16-21,23-24,27H,4-15,22,25-26H2,1-3H3;1H. The smallest absolute Gasteiger partial charge is 0.262 e. The van der Waals surface area contributed by atoms with E-state index in [9.17, 15) is 4.79 Å². The zero-order valence-corrected chi connectivity index (χ0v) is 28.1. The molecule has 0 atom stereocenters. The zero-order valence-electron chi connectivity index (χ0n) is 25.7. The predicted octanol–water partition coefficient (Wildman–Crippen LogP) is 5.50. The third-order valence-corrected chi connectivity index (χ3v) is 7.94. The van der Waals surface area contributed by atoms with Crippen LogP contribution in [0.5, 0.6) is 17.2 Å². The summed E-state index contributed by atoms with van der Waals surface area (Å²) in [5, 5.41) is 2.89. The lowest BCUT2D eigenvalue weighted by molar-refractivity contribution is -0.683. The molecular formula is C34H49BrN2O4S. The maximum Gasteiger partial charge on any atom is 0.262 e. The molecule has 1 heterocycles. The second-order valence-corrected chi connectivity index (χ2v) is 11.8. The fraction of sp³-hybridized carbons (Fsp3) is 0.529. The first-order chi connectivity index (χ1) is 20.1. The average molecular weight is 662 g/mol. The van der Waals surface area contributed by atoms with Crippen molar-refractivity contribution in [1.29, 1.82) is 0 Å². The van der Waals surface area contributed by atoms with Crippen LogP contribution in [0.3, 0.4) is 0 Å². The Labute approximate surface area is 267 Å². The summed E-state index contributed by atoms with van der Waals surface area (Å²) in [4.78, 5) is 13.7. The molecule has 6 nitrogen and oxygen atoms in total. The van der Waals surface area contributed by atoms with Crippen LogP contribution in [0.2, 0.25) is 0 Å². The van der Waals surface area contributed by atoms with Gasteiger partial charge in [-0.1, -0.05) is 101 Å². The van der Waals surface area contributed by atoms with Crippen LogP contribution in [0.25, 0.3) is 0 Å². The minimum absolute atomic E-state index is 0. The van der Waals surface area contributed by atoms with Crippen LogP contribution in [-0.2, 0) is 11.3 Å². The number of halogens is 1. The molecule has 8 heteroatoms. The van der Waals surface area contributed by atoms with Crippen molar-refractivity contribution in [2.75, 3.05) is 25.6 Å². The van der Waals surface area contributed by atoms with Crippen LogP contribution in [0, 0.1) is 6.92 Å². The lowest BCUT2D eigenvalue weighted by Gasteiger charge is -2.13. The van der Waals surface area contributed by atoms with Gasteiger partial charge in [-0.15, -0.1) is 0 Å². The number of unbranched alkanes of at least 4 members (excludes halogenated alkanes) is 11. The van der Waals surface area contributed by atoms with Crippen LogP contribution in [0.4, 0.5) is 5.69 Å². The summed E-state index contributed by atoms with van der Waals surface area (Å²) >= 11 is 1.73. The van der Waals surface area contributed by atoms with Gasteiger partial charge in [0.05, 0.1) is 18.6 Å². The summed E-state index contributed by atoms with van der Waals surface area (Å²) in [5.41, 5.74) is 4.03. The highest BCUT2D eigenvalue weighted by atomic mass is 79.9. The molecule has 0 fully saturated rings. The molecule has 3 rings (SSSR count). The topological polar surface area (TPSA) is 60.7 Å². The minimum atomic E-state index is -0.216. The number of ether oxygens (including phenoxy) is 3. The Bertz CT molecular complexity index is 1150. The molecule has 0 saturated heterocycles. The number of hydrogen-bond donors (Lipinski definition) is 1. The number of nitrogens with one attached hydrogen (secondary N) is 1. The second kappa shape index (κ2) is 21.2. The Morgan fingerprint density at radius 2 is 1.48 bits per heavy atom. The van der Waals surface area contributed by atoms with Crippen LogP contribution >= 0.6 is 11.3 Å². The van der Waals surface area contributed by atoms with E-state index in [0.29, 0.717) is 23.9 Å². The Hall–Kier alpha value is -2.58. The number of thiazole rings is 1. The maximum absolute atomic E-state index is 12.4. The van der Waals surface area contributed by atoms with E-state index in [1.807, 2.05) is 36.4 Å². The fourth-order valence-corrected chi connectivity index (χ4v) is 5.39. The first kappa shape index (κ1) is 35.6. The molecule has 0 saturated carbocycles. The Morgan fingerprint density at radius 1 is 0.833 bits per heavy atom. The van der Waals surface area contributed by atoms with Gasteiger partial charge in [-0.05, 0) is 37.6 Å². The van der Waals surface area contributed by atoms with Crippen molar-refractivity contribution >= 4 is 22.9 Å². The highest BCUT2D eigenvalue weighted by Gasteiger charge is 2.10. The average Bonchev–Trinajstić information content (AvgIpc) is 3.39. The predicted molar refractivity (Wildman–Crippen MR) is 168 cm³/mol. The summed E-state index contributed by atoms with van der Waals surface area (Å²) in [6.45, 7) is 5.75. The van der Waals surface area contributed by atoms with E-state index in [2.05, 4.69) is 35.4 Å². The number of rotatable bonds is 21. The van der Waals surface area contributed by atoms with Crippen molar-refractivity contribution in [2.24, 2.45) is 0 Å². The summed E-state index contributed by atoms with van der Waals surface area (Å²) in [6, 6.07) is 13.3. The van der Waals surface area contributed by atoms with E-state index in [-0.39, 0.29) is 29.5 Å². The molecule has 1 amide bonds. The van der Waals surface area contributed by atoms with E-state index >= 15 is 0 Å².